The lowest BCUT2D eigenvalue weighted by Gasteiger charge is -2.20. The minimum Gasteiger partial charge on any atom is -0.481 e. The molecule has 1 unspecified atom stereocenters. The van der Waals surface area contributed by atoms with Crippen LogP contribution in [0.5, 0.6) is 0 Å². The first-order valence-electron chi connectivity index (χ1n) is 6.38. The van der Waals surface area contributed by atoms with Crippen LogP contribution in [0, 0.1) is 5.41 Å². The molecular formula is C15H21NO3. The first-order chi connectivity index (χ1) is 8.83. The molecular weight excluding hydrogens is 242 g/mol. The van der Waals surface area contributed by atoms with Crippen LogP contribution in [-0.2, 0) is 9.59 Å². The molecule has 0 aliphatic carbocycles. The quantitative estimate of drug-likeness (QED) is 0.828. The van der Waals surface area contributed by atoms with Crippen LogP contribution >= 0.6 is 0 Å². The minimum atomic E-state index is -0.939. The van der Waals surface area contributed by atoms with E-state index < -0.39 is 11.4 Å². The van der Waals surface area contributed by atoms with Crippen molar-refractivity contribution in [3.8, 4) is 0 Å². The molecule has 0 aromatic heterocycles. The monoisotopic (exact) mass is 263 g/mol. The summed E-state index contributed by atoms with van der Waals surface area (Å²) in [6, 6.07) is 9.79. The fourth-order valence-corrected chi connectivity index (χ4v) is 1.64. The Bertz CT molecular complexity index is 440. The molecule has 104 valence electrons. The largest absolute Gasteiger partial charge is 0.481 e. The molecule has 0 aliphatic rings. The van der Waals surface area contributed by atoms with Gasteiger partial charge in [-0.1, -0.05) is 37.3 Å². The number of carbonyl (C=O) groups is 2. The Morgan fingerprint density at radius 1 is 1.26 bits per heavy atom. The summed E-state index contributed by atoms with van der Waals surface area (Å²) in [6.45, 7) is 5.31. The third kappa shape index (κ3) is 4.73. The molecule has 1 amide bonds. The number of hydrogen-bond acceptors (Lipinski definition) is 2. The maximum Gasteiger partial charge on any atom is 0.310 e. The molecule has 1 aromatic carbocycles. The van der Waals surface area contributed by atoms with Crippen molar-refractivity contribution in [1.82, 2.24) is 5.32 Å². The van der Waals surface area contributed by atoms with Crippen molar-refractivity contribution in [2.75, 3.05) is 6.54 Å². The van der Waals surface area contributed by atoms with Gasteiger partial charge in [0.25, 0.3) is 0 Å². The van der Waals surface area contributed by atoms with E-state index in [9.17, 15) is 9.59 Å². The average molecular weight is 263 g/mol. The molecule has 0 spiro atoms. The third-order valence-electron chi connectivity index (χ3n) is 3.17. The van der Waals surface area contributed by atoms with Crippen LogP contribution < -0.4 is 5.32 Å². The van der Waals surface area contributed by atoms with Crippen molar-refractivity contribution >= 4 is 11.9 Å². The molecule has 0 bridgehead atoms. The van der Waals surface area contributed by atoms with Crippen molar-refractivity contribution in [2.24, 2.45) is 5.41 Å². The summed E-state index contributed by atoms with van der Waals surface area (Å²) in [6.07, 6.45) is 0.361. The highest BCUT2D eigenvalue weighted by Gasteiger charge is 2.27. The van der Waals surface area contributed by atoms with E-state index in [0.717, 1.165) is 5.56 Å². The smallest absolute Gasteiger partial charge is 0.310 e. The summed E-state index contributed by atoms with van der Waals surface area (Å²) in [5, 5.41) is 11.6. The number of nitrogens with one attached hydrogen (secondary N) is 1. The highest BCUT2D eigenvalue weighted by Crippen LogP contribution is 2.19. The van der Waals surface area contributed by atoms with Gasteiger partial charge in [-0.2, -0.15) is 0 Å². The molecule has 0 heterocycles. The first-order valence-corrected chi connectivity index (χ1v) is 6.38. The van der Waals surface area contributed by atoms with Gasteiger partial charge in [-0.05, 0) is 25.3 Å². The van der Waals surface area contributed by atoms with Crippen LogP contribution in [0.2, 0.25) is 0 Å². The van der Waals surface area contributed by atoms with Gasteiger partial charge in [0.2, 0.25) is 5.91 Å². The van der Waals surface area contributed by atoms with Crippen molar-refractivity contribution in [2.45, 2.75) is 33.1 Å². The molecule has 1 atom stereocenters. The van der Waals surface area contributed by atoms with Gasteiger partial charge >= 0.3 is 5.97 Å². The number of carboxylic acids is 1. The van der Waals surface area contributed by atoms with E-state index in [1.54, 1.807) is 13.8 Å². The van der Waals surface area contributed by atoms with Gasteiger partial charge in [-0.3, -0.25) is 9.59 Å². The van der Waals surface area contributed by atoms with Crippen LogP contribution in [0.15, 0.2) is 30.3 Å². The zero-order chi connectivity index (χ0) is 14.5. The Morgan fingerprint density at radius 2 is 1.84 bits per heavy atom. The molecule has 1 rings (SSSR count). The van der Waals surface area contributed by atoms with Gasteiger partial charge < -0.3 is 10.4 Å². The number of amides is 1. The number of hydrogen-bond donors (Lipinski definition) is 2. The number of aliphatic carboxylic acids is 1. The number of carbonyl (C=O) groups excluding carboxylic acids is 1. The highest BCUT2D eigenvalue weighted by atomic mass is 16.4. The Balaban J connectivity index is 2.46. The number of rotatable bonds is 6. The Labute approximate surface area is 113 Å². The normalized spacial score (nSPS) is 12.8. The average Bonchev–Trinajstić information content (AvgIpc) is 2.37. The van der Waals surface area contributed by atoms with E-state index in [1.165, 1.54) is 0 Å². The van der Waals surface area contributed by atoms with Crippen LogP contribution in [0.3, 0.4) is 0 Å². The molecule has 0 saturated heterocycles. The zero-order valence-electron chi connectivity index (χ0n) is 11.6. The van der Waals surface area contributed by atoms with Gasteiger partial charge in [-0.25, -0.2) is 0 Å². The second-order valence-electron chi connectivity index (χ2n) is 5.48. The fraction of sp³-hybridized carbons (Fsp3) is 0.467. The highest BCUT2D eigenvalue weighted by molar-refractivity contribution is 5.79. The standard InChI is InChI=1S/C15H21NO3/c1-11(12-7-5-4-6-8-12)9-13(17)16-10-15(2,3)14(18)19/h4-8,11H,9-10H2,1-3H3,(H,16,17)(H,18,19). The predicted octanol–water partition coefficient (Wildman–Crippen LogP) is 2.41. The minimum absolute atomic E-state index is 0.120. The SMILES string of the molecule is CC(CC(=O)NCC(C)(C)C(=O)O)c1ccccc1. The zero-order valence-corrected chi connectivity index (χ0v) is 11.6. The molecule has 0 aliphatic heterocycles. The summed E-state index contributed by atoms with van der Waals surface area (Å²) in [7, 11) is 0. The molecule has 4 nitrogen and oxygen atoms in total. The third-order valence-corrected chi connectivity index (χ3v) is 3.17. The van der Waals surface area contributed by atoms with E-state index in [-0.39, 0.29) is 18.4 Å². The molecule has 2 N–H and O–H groups in total. The van der Waals surface area contributed by atoms with Crippen LogP contribution in [0.25, 0.3) is 0 Å². The van der Waals surface area contributed by atoms with Crippen molar-refractivity contribution < 1.29 is 14.7 Å². The van der Waals surface area contributed by atoms with Crippen LogP contribution in [0.1, 0.15) is 38.7 Å². The molecule has 0 fully saturated rings. The van der Waals surface area contributed by atoms with E-state index in [0.29, 0.717) is 6.42 Å². The van der Waals surface area contributed by atoms with Gasteiger partial charge in [-0.15, -0.1) is 0 Å². The van der Waals surface area contributed by atoms with E-state index >= 15 is 0 Å². The second kappa shape index (κ2) is 6.36. The topological polar surface area (TPSA) is 66.4 Å². The number of carboxylic acid groups (broad SMARTS) is 1. The summed E-state index contributed by atoms with van der Waals surface area (Å²) in [4.78, 5) is 22.7. The number of benzene rings is 1. The van der Waals surface area contributed by atoms with E-state index in [4.69, 9.17) is 5.11 Å². The Morgan fingerprint density at radius 3 is 2.37 bits per heavy atom. The van der Waals surface area contributed by atoms with Gasteiger partial charge in [0.15, 0.2) is 0 Å². The lowest BCUT2D eigenvalue weighted by atomic mass is 9.93. The van der Waals surface area contributed by atoms with Gasteiger partial charge in [0.1, 0.15) is 0 Å². The summed E-state index contributed by atoms with van der Waals surface area (Å²) < 4.78 is 0. The van der Waals surface area contributed by atoms with E-state index in [2.05, 4.69) is 5.32 Å². The van der Waals surface area contributed by atoms with Crippen molar-refractivity contribution in [3.05, 3.63) is 35.9 Å². The molecule has 0 saturated carbocycles. The Hall–Kier alpha value is -1.84. The first kappa shape index (κ1) is 15.2. The van der Waals surface area contributed by atoms with Crippen LogP contribution in [-0.4, -0.2) is 23.5 Å². The maximum atomic E-state index is 11.8. The lowest BCUT2D eigenvalue weighted by molar-refractivity contribution is -0.146. The lowest BCUT2D eigenvalue weighted by Crippen LogP contribution is -2.39. The van der Waals surface area contributed by atoms with Gasteiger partial charge in [0.05, 0.1) is 5.41 Å². The molecule has 0 radical (unpaired) electrons. The van der Waals surface area contributed by atoms with Crippen molar-refractivity contribution in [1.29, 1.82) is 0 Å². The summed E-state index contributed by atoms with van der Waals surface area (Å²) in [5.41, 5.74) is 0.168. The summed E-state index contributed by atoms with van der Waals surface area (Å²) >= 11 is 0. The maximum absolute atomic E-state index is 11.8. The summed E-state index contributed by atoms with van der Waals surface area (Å²) in [5.74, 6) is -0.913. The Kier molecular flexibility index (Phi) is 5.10. The predicted molar refractivity (Wildman–Crippen MR) is 73.9 cm³/mol. The molecule has 4 heteroatoms. The molecule has 1 aromatic rings. The molecule has 19 heavy (non-hydrogen) atoms. The van der Waals surface area contributed by atoms with Crippen LogP contribution in [0.4, 0.5) is 0 Å². The van der Waals surface area contributed by atoms with E-state index in [1.807, 2.05) is 37.3 Å². The van der Waals surface area contributed by atoms with Crippen molar-refractivity contribution in [3.63, 3.8) is 0 Å². The fourth-order valence-electron chi connectivity index (χ4n) is 1.64. The van der Waals surface area contributed by atoms with Gasteiger partial charge in [0, 0.05) is 13.0 Å². The second-order valence-corrected chi connectivity index (χ2v) is 5.48.